The van der Waals surface area contributed by atoms with Crippen molar-refractivity contribution in [3.63, 3.8) is 0 Å². The van der Waals surface area contributed by atoms with Gasteiger partial charge in [-0.25, -0.2) is 5.01 Å². The van der Waals surface area contributed by atoms with E-state index in [0.29, 0.717) is 11.1 Å². The molecule has 0 atom stereocenters. The second kappa shape index (κ2) is 7.00. The molecule has 0 aliphatic carbocycles. The molecule has 0 aromatic heterocycles. The molecule has 0 heterocycles. The third kappa shape index (κ3) is 3.75. The van der Waals surface area contributed by atoms with Crippen LogP contribution in [0.3, 0.4) is 0 Å². The largest absolute Gasteiger partial charge is 0.272 e. The minimum Gasteiger partial charge on any atom is -0.267 e. The van der Waals surface area contributed by atoms with Crippen molar-refractivity contribution in [1.29, 1.82) is 0 Å². The first-order valence-electron chi connectivity index (χ1n) is 8.56. The molecule has 3 aromatic carbocycles. The lowest BCUT2D eigenvalue weighted by Gasteiger charge is -2.35. The SMILES string of the molecule is CC(C)(C)N(NC(=O)c1ccc2ccccc2c1)C(=O)c1ccccc1. The van der Waals surface area contributed by atoms with Crippen LogP contribution in [-0.2, 0) is 0 Å². The predicted molar refractivity (Wildman–Crippen MR) is 104 cm³/mol. The lowest BCUT2D eigenvalue weighted by atomic mass is 10.1. The van der Waals surface area contributed by atoms with Crippen LogP contribution in [0, 0.1) is 0 Å². The zero-order valence-electron chi connectivity index (χ0n) is 15.2. The van der Waals surface area contributed by atoms with E-state index in [1.807, 2.05) is 63.2 Å². The second-order valence-electron chi connectivity index (χ2n) is 7.18. The minimum atomic E-state index is -0.570. The maximum Gasteiger partial charge on any atom is 0.272 e. The Hall–Kier alpha value is -3.14. The topological polar surface area (TPSA) is 49.4 Å². The normalized spacial score (nSPS) is 11.2. The highest BCUT2D eigenvalue weighted by Gasteiger charge is 2.29. The van der Waals surface area contributed by atoms with Crippen molar-refractivity contribution in [1.82, 2.24) is 10.4 Å². The molecule has 0 unspecified atom stereocenters. The summed E-state index contributed by atoms with van der Waals surface area (Å²) in [5, 5.41) is 3.44. The summed E-state index contributed by atoms with van der Waals surface area (Å²) in [6, 6.07) is 22.3. The molecular weight excluding hydrogens is 324 g/mol. The molecule has 0 bridgehead atoms. The zero-order valence-corrected chi connectivity index (χ0v) is 15.2. The molecule has 0 aliphatic heterocycles. The van der Waals surface area contributed by atoms with E-state index in [4.69, 9.17) is 0 Å². The molecule has 132 valence electrons. The molecule has 2 amide bonds. The number of carbonyl (C=O) groups excluding carboxylic acids is 2. The number of benzene rings is 3. The van der Waals surface area contributed by atoms with E-state index < -0.39 is 5.54 Å². The first-order chi connectivity index (χ1) is 12.4. The molecule has 4 heteroatoms. The van der Waals surface area contributed by atoms with Gasteiger partial charge >= 0.3 is 0 Å². The highest BCUT2D eigenvalue weighted by Crippen LogP contribution is 2.18. The fourth-order valence-electron chi connectivity index (χ4n) is 2.73. The minimum absolute atomic E-state index is 0.243. The van der Waals surface area contributed by atoms with Crippen molar-refractivity contribution in [3.8, 4) is 0 Å². The summed E-state index contributed by atoms with van der Waals surface area (Å²) >= 11 is 0. The number of hydrazine groups is 1. The van der Waals surface area contributed by atoms with Gasteiger partial charge in [-0.15, -0.1) is 0 Å². The average molecular weight is 346 g/mol. The van der Waals surface area contributed by atoms with E-state index in [1.165, 1.54) is 5.01 Å². The van der Waals surface area contributed by atoms with Gasteiger partial charge in [0.2, 0.25) is 0 Å². The lowest BCUT2D eigenvalue weighted by molar-refractivity contribution is 0.0358. The number of carbonyl (C=O) groups is 2. The number of nitrogens with one attached hydrogen (secondary N) is 1. The molecule has 0 saturated carbocycles. The molecule has 4 nitrogen and oxygen atoms in total. The molecule has 0 radical (unpaired) electrons. The molecule has 0 spiro atoms. The third-order valence-corrected chi connectivity index (χ3v) is 4.12. The molecule has 26 heavy (non-hydrogen) atoms. The summed E-state index contributed by atoms with van der Waals surface area (Å²) in [6.45, 7) is 5.65. The maximum atomic E-state index is 12.9. The van der Waals surface area contributed by atoms with Crippen molar-refractivity contribution < 1.29 is 9.59 Å². The first-order valence-corrected chi connectivity index (χ1v) is 8.56. The quantitative estimate of drug-likeness (QED) is 0.698. The van der Waals surface area contributed by atoms with Crippen LogP contribution in [-0.4, -0.2) is 22.4 Å². The molecule has 1 N–H and O–H groups in total. The predicted octanol–water partition coefficient (Wildman–Crippen LogP) is 4.43. The van der Waals surface area contributed by atoms with Crippen LogP contribution >= 0.6 is 0 Å². The van der Waals surface area contributed by atoms with Gasteiger partial charge < -0.3 is 0 Å². The number of hydrogen-bond donors (Lipinski definition) is 1. The van der Waals surface area contributed by atoms with Gasteiger partial charge in [-0.1, -0.05) is 48.5 Å². The lowest BCUT2D eigenvalue weighted by Crippen LogP contribution is -2.55. The second-order valence-corrected chi connectivity index (χ2v) is 7.18. The molecule has 0 saturated heterocycles. The van der Waals surface area contributed by atoms with Crippen LogP contribution in [0.15, 0.2) is 72.8 Å². The highest BCUT2D eigenvalue weighted by atomic mass is 16.2. The third-order valence-electron chi connectivity index (χ3n) is 4.12. The number of nitrogens with zero attached hydrogens (tertiary/aromatic N) is 1. The maximum absolute atomic E-state index is 12.9. The Bertz CT molecular complexity index is 943. The van der Waals surface area contributed by atoms with E-state index in [9.17, 15) is 9.59 Å². The molecule has 3 aromatic rings. The van der Waals surface area contributed by atoms with Crippen molar-refractivity contribution in [2.45, 2.75) is 26.3 Å². The van der Waals surface area contributed by atoms with Crippen LogP contribution in [0.5, 0.6) is 0 Å². The van der Waals surface area contributed by atoms with Gasteiger partial charge in [-0.2, -0.15) is 0 Å². The Morgan fingerprint density at radius 2 is 1.38 bits per heavy atom. The average Bonchev–Trinajstić information content (AvgIpc) is 2.64. The summed E-state index contributed by atoms with van der Waals surface area (Å²) in [7, 11) is 0. The standard InChI is InChI=1S/C22H22N2O2/c1-22(2,3)24(21(26)17-10-5-4-6-11-17)23-20(25)19-14-13-16-9-7-8-12-18(16)15-19/h4-15H,1-3H3,(H,23,25). The summed E-state index contributed by atoms with van der Waals surface area (Å²) in [5.74, 6) is -0.554. The van der Waals surface area contributed by atoms with E-state index >= 15 is 0 Å². The van der Waals surface area contributed by atoms with E-state index in [2.05, 4.69) is 5.43 Å². The summed E-state index contributed by atoms with van der Waals surface area (Å²) in [5.41, 5.74) is 3.25. The summed E-state index contributed by atoms with van der Waals surface area (Å²) in [4.78, 5) is 25.7. The van der Waals surface area contributed by atoms with Gasteiger partial charge in [0.05, 0.1) is 5.54 Å². The number of hydrogen-bond acceptors (Lipinski definition) is 2. The van der Waals surface area contributed by atoms with E-state index in [0.717, 1.165) is 10.8 Å². The Balaban J connectivity index is 1.88. The Kier molecular flexibility index (Phi) is 4.76. The molecule has 0 fully saturated rings. The van der Waals surface area contributed by atoms with Crippen LogP contribution in [0.4, 0.5) is 0 Å². The van der Waals surface area contributed by atoms with Crippen LogP contribution in [0.1, 0.15) is 41.5 Å². The Morgan fingerprint density at radius 1 is 0.769 bits per heavy atom. The van der Waals surface area contributed by atoms with E-state index in [-0.39, 0.29) is 11.8 Å². The molecule has 3 rings (SSSR count). The molecular formula is C22H22N2O2. The van der Waals surface area contributed by atoms with Gasteiger partial charge in [0.1, 0.15) is 0 Å². The molecule has 0 aliphatic rings. The van der Waals surface area contributed by atoms with Gasteiger partial charge in [0.15, 0.2) is 0 Å². The van der Waals surface area contributed by atoms with Crippen LogP contribution in [0.2, 0.25) is 0 Å². The summed E-state index contributed by atoms with van der Waals surface area (Å²) in [6.07, 6.45) is 0. The van der Waals surface area contributed by atoms with E-state index in [1.54, 1.807) is 30.3 Å². The number of rotatable bonds is 2. The van der Waals surface area contributed by atoms with Gasteiger partial charge in [0.25, 0.3) is 11.8 Å². The first kappa shape index (κ1) is 17.7. The monoisotopic (exact) mass is 346 g/mol. The van der Waals surface area contributed by atoms with Crippen molar-refractivity contribution >= 4 is 22.6 Å². The highest BCUT2D eigenvalue weighted by molar-refractivity contribution is 6.01. The Labute approximate surface area is 153 Å². The fraction of sp³-hybridized carbons (Fsp3) is 0.182. The number of amides is 2. The summed E-state index contributed by atoms with van der Waals surface area (Å²) < 4.78 is 0. The Morgan fingerprint density at radius 3 is 2.04 bits per heavy atom. The van der Waals surface area contributed by atoms with Crippen molar-refractivity contribution in [2.75, 3.05) is 0 Å². The van der Waals surface area contributed by atoms with Crippen molar-refractivity contribution in [2.24, 2.45) is 0 Å². The zero-order chi connectivity index (χ0) is 18.7. The smallest absolute Gasteiger partial charge is 0.267 e. The van der Waals surface area contributed by atoms with Crippen LogP contribution < -0.4 is 5.43 Å². The fourth-order valence-corrected chi connectivity index (χ4v) is 2.73. The van der Waals surface area contributed by atoms with Crippen LogP contribution in [0.25, 0.3) is 10.8 Å². The van der Waals surface area contributed by atoms with Gasteiger partial charge in [-0.3, -0.25) is 15.0 Å². The van der Waals surface area contributed by atoms with Gasteiger partial charge in [0, 0.05) is 11.1 Å². The number of fused-ring (bicyclic) bond motifs is 1. The van der Waals surface area contributed by atoms with Crippen molar-refractivity contribution in [3.05, 3.63) is 83.9 Å². The van der Waals surface area contributed by atoms with Gasteiger partial charge in [-0.05, 0) is 55.8 Å².